The van der Waals surface area contributed by atoms with Crippen LogP contribution >= 0.6 is 0 Å². The Bertz CT molecular complexity index is 224. The molecule has 1 fully saturated rings. The van der Waals surface area contributed by atoms with E-state index in [2.05, 4.69) is 5.32 Å². The molecule has 0 aromatic heterocycles. The van der Waals surface area contributed by atoms with E-state index in [1.807, 2.05) is 0 Å². The van der Waals surface area contributed by atoms with Crippen molar-refractivity contribution in [2.75, 3.05) is 6.54 Å². The number of amides is 1. The predicted molar refractivity (Wildman–Crippen MR) is 50.6 cm³/mol. The molecule has 1 saturated carbocycles. The smallest absolute Gasteiger partial charge is 0.326 e. The standard InChI is InChI=1S/C9H16N2O3/c10-5-7(12)11-8(9(13)14)6-3-1-2-4-6/h6,8H,1-5,10H2,(H,11,12)(H,13,14)/t8-/m0/s1. The Morgan fingerprint density at radius 1 is 1.43 bits per heavy atom. The molecule has 1 amide bonds. The van der Waals surface area contributed by atoms with Crippen molar-refractivity contribution in [3.8, 4) is 0 Å². The van der Waals surface area contributed by atoms with Gasteiger partial charge in [-0.2, -0.15) is 0 Å². The van der Waals surface area contributed by atoms with Crippen molar-refractivity contribution in [1.29, 1.82) is 0 Å². The summed E-state index contributed by atoms with van der Waals surface area (Å²) in [5.74, 6) is -1.29. The Balaban J connectivity index is 2.54. The van der Waals surface area contributed by atoms with E-state index >= 15 is 0 Å². The minimum absolute atomic E-state index is 0.0722. The fourth-order valence-electron chi connectivity index (χ4n) is 1.90. The maximum Gasteiger partial charge on any atom is 0.326 e. The third-order valence-electron chi connectivity index (χ3n) is 2.64. The highest BCUT2D eigenvalue weighted by atomic mass is 16.4. The molecule has 14 heavy (non-hydrogen) atoms. The number of rotatable bonds is 4. The zero-order valence-corrected chi connectivity index (χ0v) is 8.03. The number of nitrogens with one attached hydrogen (secondary N) is 1. The van der Waals surface area contributed by atoms with Crippen LogP contribution in [-0.2, 0) is 9.59 Å². The second-order valence-electron chi connectivity index (χ2n) is 3.63. The zero-order chi connectivity index (χ0) is 10.6. The van der Waals surface area contributed by atoms with Gasteiger partial charge in [0.05, 0.1) is 6.54 Å². The van der Waals surface area contributed by atoms with Crippen molar-refractivity contribution in [2.45, 2.75) is 31.7 Å². The number of carboxylic acid groups (broad SMARTS) is 1. The van der Waals surface area contributed by atoms with Crippen molar-refractivity contribution in [1.82, 2.24) is 5.32 Å². The van der Waals surface area contributed by atoms with Gasteiger partial charge in [0.1, 0.15) is 6.04 Å². The van der Waals surface area contributed by atoms with Crippen molar-refractivity contribution >= 4 is 11.9 Å². The van der Waals surface area contributed by atoms with Gasteiger partial charge in [0.15, 0.2) is 0 Å². The lowest BCUT2D eigenvalue weighted by atomic mass is 9.98. The van der Waals surface area contributed by atoms with Crippen LogP contribution in [0.5, 0.6) is 0 Å². The van der Waals surface area contributed by atoms with Crippen molar-refractivity contribution in [3.05, 3.63) is 0 Å². The van der Waals surface area contributed by atoms with Crippen molar-refractivity contribution in [3.63, 3.8) is 0 Å². The molecule has 1 atom stereocenters. The van der Waals surface area contributed by atoms with Crippen LogP contribution in [0, 0.1) is 5.92 Å². The van der Waals surface area contributed by atoms with Gasteiger partial charge >= 0.3 is 5.97 Å². The Labute approximate surface area is 82.7 Å². The molecule has 1 aliphatic carbocycles. The van der Waals surface area contributed by atoms with Gasteiger partial charge in [-0.25, -0.2) is 4.79 Å². The number of carbonyl (C=O) groups excluding carboxylic acids is 1. The molecule has 0 saturated heterocycles. The maximum absolute atomic E-state index is 11.0. The van der Waals surface area contributed by atoms with Crippen LogP contribution in [0.3, 0.4) is 0 Å². The number of hydrogen-bond donors (Lipinski definition) is 3. The molecule has 5 nitrogen and oxygen atoms in total. The predicted octanol–water partition coefficient (Wildman–Crippen LogP) is -0.295. The molecule has 5 heteroatoms. The molecular weight excluding hydrogens is 184 g/mol. The lowest BCUT2D eigenvalue weighted by Crippen LogP contribution is -2.47. The van der Waals surface area contributed by atoms with Gasteiger partial charge in [0, 0.05) is 0 Å². The number of nitrogens with two attached hydrogens (primary N) is 1. The summed E-state index contributed by atoms with van der Waals surface area (Å²) in [6, 6.07) is -0.756. The van der Waals surface area contributed by atoms with Crippen LogP contribution in [-0.4, -0.2) is 29.6 Å². The van der Waals surface area contributed by atoms with Crippen LogP contribution in [0.15, 0.2) is 0 Å². The van der Waals surface area contributed by atoms with Crippen molar-refractivity contribution in [2.24, 2.45) is 11.7 Å². The monoisotopic (exact) mass is 200 g/mol. The molecule has 0 aliphatic heterocycles. The summed E-state index contributed by atoms with van der Waals surface area (Å²) in [5, 5.41) is 11.4. The van der Waals surface area contributed by atoms with Crippen LogP contribution < -0.4 is 11.1 Å². The van der Waals surface area contributed by atoms with Crippen LogP contribution in [0.4, 0.5) is 0 Å². The molecular formula is C9H16N2O3. The fraction of sp³-hybridized carbons (Fsp3) is 0.778. The first-order valence-electron chi connectivity index (χ1n) is 4.87. The highest BCUT2D eigenvalue weighted by molar-refractivity contribution is 5.84. The molecule has 1 rings (SSSR count). The molecule has 0 heterocycles. The minimum Gasteiger partial charge on any atom is -0.480 e. The maximum atomic E-state index is 11.0. The second-order valence-corrected chi connectivity index (χ2v) is 3.63. The molecule has 0 aromatic carbocycles. The summed E-state index contributed by atoms with van der Waals surface area (Å²) < 4.78 is 0. The third kappa shape index (κ3) is 2.70. The third-order valence-corrected chi connectivity index (χ3v) is 2.64. The first kappa shape index (κ1) is 11.0. The zero-order valence-electron chi connectivity index (χ0n) is 8.03. The lowest BCUT2D eigenvalue weighted by Gasteiger charge is -2.19. The van der Waals surface area contributed by atoms with Crippen LogP contribution in [0.25, 0.3) is 0 Å². The van der Waals surface area contributed by atoms with E-state index in [0.717, 1.165) is 25.7 Å². The Morgan fingerprint density at radius 3 is 2.43 bits per heavy atom. The molecule has 1 aliphatic rings. The van der Waals surface area contributed by atoms with Crippen LogP contribution in [0.2, 0.25) is 0 Å². The number of carboxylic acids is 1. The largest absolute Gasteiger partial charge is 0.480 e. The highest BCUT2D eigenvalue weighted by Crippen LogP contribution is 2.27. The summed E-state index contributed by atoms with van der Waals surface area (Å²) in [4.78, 5) is 21.9. The highest BCUT2D eigenvalue weighted by Gasteiger charge is 2.31. The van der Waals surface area contributed by atoms with E-state index in [-0.39, 0.29) is 12.5 Å². The quantitative estimate of drug-likeness (QED) is 0.581. The van der Waals surface area contributed by atoms with Gasteiger partial charge in [0.2, 0.25) is 5.91 Å². The van der Waals surface area contributed by atoms with Crippen molar-refractivity contribution < 1.29 is 14.7 Å². The van der Waals surface area contributed by atoms with Gasteiger partial charge in [-0.3, -0.25) is 4.79 Å². The van der Waals surface area contributed by atoms with Gasteiger partial charge in [0.25, 0.3) is 0 Å². The average molecular weight is 200 g/mol. The number of hydrogen-bond acceptors (Lipinski definition) is 3. The summed E-state index contributed by atoms with van der Waals surface area (Å²) in [5.41, 5.74) is 5.11. The lowest BCUT2D eigenvalue weighted by molar-refractivity contribution is -0.143. The fourth-order valence-corrected chi connectivity index (χ4v) is 1.90. The van der Waals surface area contributed by atoms with E-state index in [1.165, 1.54) is 0 Å². The minimum atomic E-state index is -0.960. The summed E-state index contributed by atoms with van der Waals surface area (Å²) in [6.45, 7) is -0.156. The number of carbonyl (C=O) groups is 2. The first-order valence-corrected chi connectivity index (χ1v) is 4.87. The summed E-state index contributed by atoms with van der Waals surface area (Å²) in [6.07, 6.45) is 3.85. The Kier molecular flexibility index (Phi) is 3.88. The van der Waals surface area contributed by atoms with E-state index in [9.17, 15) is 9.59 Å². The molecule has 4 N–H and O–H groups in total. The SMILES string of the molecule is NCC(=O)N[C@H](C(=O)O)C1CCCC1. The Hall–Kier alpha value is -1.10. The molecule has 0 radical (unpaired) electrons. The topological polar surface area (TPSA) is 92.4 Å². The van der Waals surface area contributed by atoms with E-state index in [1.54, 1.807) is 0 Å². The normalized spacial score (nSPS) is 19.2. The van der Waals surface area contributed by atoms with E-state index < -0.39 is 17.9 Å². The van der Waals surface area contributed by atoms with Gasteiger partial charge in [-0.1, -0.05) is 12.8 Å². The van der Waals surface area contributed by atoms with Crippen LogP contribution in [0.1, 0.15) is 25.7 Å². The number of aliphatic carboxylic acids is 1. The summed E-state index contributed by atoms with van der Waals surface area (Å²) in [7, 11) is 0. The first-order chi connectivity index (χ1) is 6.65. The van der Waals surface area contributed by atoms with E-state index in [0.29, 0.717) is 0 Å². The van der Waals surface area contributed by atoms with Gasteiger partial charge < -0.3 is 16.2 Å². The summed E-state index contributed by atoms with van der Waals surface area (Å²) >= 11 is 0. The molecule has 0 aromatic rings. The second kappa shape index (κ2) is 4.95. The average Bonchev–Trinajstić information content (AvgIpc) is 2.65. The van der Waals surface area contributed by atoms with Gasteiger partial charge in [-0.05, 0) is 18.8 Å². The molecule has 0 unspecified atom stereocenters. The molecule has 0 spiro atoms. The Morgan fingerprint density at radius 2 is 2.00 bits per heavy atom. The van der Waals surface area contributed by atoms with E-state index in [4.69, 9.17) is 10.8 Å². The van der Waals surface area contributed by atoms with Gasteiger partial charge in [-0.15, -0.1) is 0 Å². The molecule has 0 bridgehead atoms. The molecule has 80 valence electrons.